The van der Waals surface area contributed by atoms with Crippen LogP contribution in [0.4, 0.5) is 32.0 Å². The number of halogens is 6. The predicted octanol–water partition coefficient (Wildman–Crippen LogP) is 3.80. The molecule has 24 heavy (non-hydrogen) atoms. The van der Waals surface area contributed by atoms with Crippen LogP contribution >= 0.6 is 0 Å². The highest BCUT2D eigenvalue weighted by molar-refractivity contribution is 5.98. The number of aliphatic hydroxyl groups is 1. The molecular formula is C15H13F6NO2. The van der Waals surface area contributed by atoms with Crippen LogP contribution in [-0.4, -0.2) is 29.1 Å². The van der Waals surface area contributed by atoms with E-state index in [1.165, 1.54) is 12.1 Å². The molecule has 0 aliphatic heterocycles. The van der Waals surface area contributed by atoms with Crippen molar-refractivity contribution in [3.8, 4) is 0 Å². The van der Waals surface area contributed by atoms with Gasteiger partial charge in [0.25, 0.3) is 0 Å². The molecule has 3 nitrogen and oxygen atoms in total. The SMILES string of the molecule is O=C1CCCC(Nc2ccc(F)cc2)=C1C(O)C(F)(F)C(F)(F)F. The van der Waals surface area contributed by atoms with Crippen LogP contribution in [0.25, 0.3) is 0 Å². The number of carbonyl (C=O) groups excluding carboxylic acids is 1. The number of ketones is 1. The van der Waals surface area contributed by atoms with E-state index in [0.29, 0.717) is 0 Å². The Morgan fingerprint density at radius 1 is 1.04 bits per heavy atom. The van der Waals surface area contributed by atoms with Gasteiger partial charge in [0.1, 0.15) is 5.82 Å². The van der Waals surface area contributed by atoms with Gasteiger partial charge in [0.05, 0.1) is 0 Å². The van der Waals surface area contributed by atoms with Gasteiger partial charge in [-0.15, -0.1) is 0 Å². The first-order valence-electron chi connectivity index (χ1n) is 6.95. The third-order valence-electron chi connectivity index (χ3n) is 3.59. The van der Waals surface area contributed by atoms with Gasteiger partial charge in [-0.1, -0.05) is 0 Å². The molecule has 1 atom stereocenters. The summed E-state index contributed by atoms with van der Waals surface area (Å²) in [6, 6.07) is 4.56. The Bertz CT molecular complexity index is 651. The third-order valence-corrected chi connectivity index (χ3v) is 3.59. The molecule has 132 valence electrons. The van der Waals surface area contributed by atoms with Crippen molar-refractivity contribution in [3.63, 3.8) is 0 Å². The van der Waals surface area contributed by atoms with Crippen molar-refractivity contribution in [1.29, 1.82) is 0 Å². The number of hydrogen-bond donors (Lipinski definition) is 2. The second kappa shape index (κ2) is 6.46. The molecule has 1 aliphatic rings. The van der Waals surface area contributed by atoms with Gasteiger partial charge in [0.15, 0.2) is 11.9 Å². The number of Topliss-reactive ketones (excluding diaryl/α,β-unsaturated/α-hetero) is 1. The minimum absolute atomic E-state index is 0.00342. The molecule has 0 saturated carbocycles. The Morgan fingerprint density at radius 2 is 1.62 bits per heavy atom. The highest BCUT2D eigenvalue weighted by Crippen LogP contribution is 2.42. The number of benzene rings is 1. The van der Waals surface area contributed by atoms with E-state index in [1.807, 2.05) is 0 Å². The molecule has 0 spiro atoms. The summed E-state index contributed by atoms with van der Waals surface area (Å²) in [4.78, 5) is 11.8. The Balaban J connectivity index is 2.41. The Labute approximate surface area is 133 Å². The molecule has 1 unspecified atom stereocenters. The van der Waals surface area contributed by atoms with Crippen molar-refractivity contribution >= 4 is 11.5 Å². The van der Waals surface area contributed by atoms with E-state index in [1.54, 1.807) is 0 Å². The summed E-state index contributed by atoms with van der Waals surface area (Å²) in [5.41, 5.74) is -1.02. The maximum absolute atomic E-state index is 13.4. The summed E-state index contributed by atoms with van der Waals surface area (Å²) in [6.45, 7) is 0. The Hall–Kier alpha value is -2.03. The van der Waals surface area contributed by atoms with Crippen molar-refractivity contribution in [2.45, 2.75) is 37.5 Å². The maximum Gasteiger partial charge on any atom is 0.456 e. The number of carbonyl (C=O) groups is 1. The average Bonchev–Trinajstić information content (AvgIpc) is 2.48. The molecule has 0 radical (unpaired) electrons. The standard InChI is InChI=1S/C15H13F6NO2/c16-8-4-6-9(7-5-8)22-10-2-1-3-11(23)12(10)13(24)14(17,18)15(19,20)21/h4-7,13,22,24H,1-3H2. The summed E-state index contributed by atoms with van der Waals surface area (Å²) in [5.74, 6) is -7.02. The highest BCUT2D eigenvalue weighted by Gasteiger charge is 2.64. The zero-order valence-electron chi connectivity index (χ0n) is 12.1. The van der Waals surface area contributed by atoms with Gasteiger partial charge in [0.2, 0.25) is 0 Å². The summed E-state index contributed by atoms with van der Waals surface area (Å²) in [6.07, 6.45) is -9.32. The second-order valence-electron chi connectivity index (χ2n) is 5.32. The number of allylic oxidation sites excluding steroid dienone is 1. The first-order valence-corrected chi connectivity index (χ1v) is 6.95. The van der Waals surface area contributed by atoms with Gasteiger partial charge in [-0.2, -0.15) is 22.0 Å². The molecule has 0 aromatic heterocycles. The molecule has 0 bridgehead atoms. The van der Waals surface area contributed by atoms with Gasteiger partial charge >= 0.3 is 12.1 Å². The number of anilines is 1. The summed E-state index contributed by atoms with van der Waals surface area (Å²) >= 11 is 0. The number of aliphatic hydroxyl groups excluding tert-OH is 1. The van der Waals surface area contributed by atoms with Crippen LogP contribution in [0.3, 0.4) is 0 Å². The lowest BCUT2D eigenvalue weighted by Crippen LogP contribution is -2.50. The summed E-state index contributed by atoms with van der Waals surface area (Å²) < 4.78 is 77.1. The Morgan fingerprint density at radius 3 is 2.17 bits per heavy atom. The topological polar surface area (TPSA) is 49.3 Å². The van der Waals surface area contributed by atoms with E-state index in [9.17, 15) is 36.2 Å². The number of rotatable bonds is 4. The number of alkyl halides is 5. The van der Waals surface area contributed by atoms with Crippen LogP contribution < -0.4 is 5.32 Å². The van der Waals surface area contributed by atoms with Crippen LogP contribution in [0.5, 0.6) is 0 Å². The molecular weight excluding hydrogens is 340 g/mol. The van der Waals surface area contributed by atoms with Crippen LogP contribution in [0.2, 0.25) is 0 Å². The van der Waals surface area contributed by atoms with Gasteiger partial charge in [-0.05, 0) is 37.1 Å². The van der Waals surface area contributed by atoms with Gasteiger partial charge in [-0.3, -0.25) is 4.79 Å². The van der Waals surface area contributed by atoms with E-state index in [-0.39, 0.29) is 30.6 Å². The second-order valence-corrected chi connectivity index (χ2v) is 5.32. The first kappa shape index (κ1) is 18.3. The molecule has 9 heteroatoms. The van der Waals surface area contributed by atoms with Crippen molar-refractivity contribution in [1.82, 2.24) is 0 Å². The van der Waals surface area contributed by atoms with Crippen molar-refractivity contribution in [2.75, 3.05) is 5.32 Å². The molecule has 1 aliphatic carbocycles. The third kappa shape index (κ3) is 3.55. The minimum atomic E-state index is -6.00. The van der Waals surface area contributed by atoms with E-state index in [2.05, 4.69) is 5.32 Å². The monoisotopic (exact) mass is 353 g/mol. The minimum Gasteiger partial charge on any atom is -0.381 e. The predicted molar refractivity (Wildman–Crippen MR) is 72.9 cm³/mol. The number of nitrogens with one attached hydrogen (secondary N) is 1. The lowest BCUT2D eigenvalue weighted by molar-refractivity contribution is -0.306. The normalized spacial score (nSPS) is 17.9. The summed E-state index contributed by atoms with van der Waals surface area (Å²) in [7, 11) is 0. The lowest BCUT2D eigenvalue weighted by atomic mass is 9.88. The molecule has 0 saturated heterocycles. The maximum atomic E-state index is 13.4. The van der Waals surface area contributed by atoms with Crippen LogP contribution in [-0.2, 0) is 4.79 Å². The van der Waals surface area contributed by atoms with Crippen molar-refractivity contribution < 1.29 is 36.2 Å². The van der Waals surface area contributed by atoms with E-state index in [4.69, 9.17) is 0 Å². The summed E-state index contributed by atoms with van der Waals surface area (Å²) in [5, 5.41) is 12.1. The fourth-order valence-electron chi connectivity index (χ4n) is 2.35. The van der Waals surface area contributed by atoms with Gasteiger partial charge in [0, 0.05) is 23.4 Å². The van der Waals surface area contributed by atoms with Gasteiger partial charge < -0.3 is 10.4 Å². The quantitative estimate of drug-likeness (QED) is 0.810. The molecule has 1 aromatic carbocycles. The molecule has 2 N–H and O–H groups in total. The van der Waals surface area contributed by atoms with Crippen molar-refractivity contribution in [3.05, 3.63) is 41.4 Å². The first-order chi connectivity index (χ1) is 11.0. The average molecular weight is 353 g/mol. The highest BCUT2D eigenvalue weighted by atomic mass is 19.4. The molecule has 0 heterocycles. The smallest absolute Gasteiger partial charge is 0.381 e. The largest absolute Gasteiger partial charge is 0.456 e. The van der Waals surface area contributed by atoms with Crippen molar-refractivity contribution in [2.24, 2.45) is 0 Å². The molecule has 1 aromatic rings. The Kier molecular flexibility index (Phi) is 4.93. The van der Waals surface area contributed by atoms with Gasteiger partial charge in [-0.25, -0.2) is 4.39 Å². The van der Waals surface area contributed by atoms with E-state index in [0.717, 1.165) is 12.1 Å². The van der Waals surface area contributed by atoms with Crippen LogP contribution in [0.15, 0.2) is 35.5 Å². The molecule has 0 fully saturated rings. The molecule has 0 amide bonds. The van der Waals surface area contributed by atoms with Crippen LogP contribution in [0.1, 0.15) is 19.3 Å². The van der Waals surface area contributed by atoms with E-state index < -0.39 is 35.4 Å². The van der Waals surface area contributed by atoms with E-state index >= 15 is 0 Å². The van der Waals surface area contributed by atoms with Crippen LogP contribution in [0, 0.1) is 5.82 Å². The fraction of sp³-hybridized carbons (Fsp3) is 0.400. The fourth-order valence-corrected chi connectivity index (χ4v) is 2.35. The zero-order chi connectivity index (χ0) is 18.1. The zero-order valence-corrected chi connectivity index (χ0v) is 12.1. The lowest BCUT2D eigenvalue weighted by Gasteiger charge is -2.30. The molecule has 2 rings (SSSR count). The number of hydrogen-bond acceptors (Lipinski definition) is 3.